The second kappa shape index (κ2) is 8.62. The quantitative estimate of drug-likeness (QED) is 0.803. The number of amides is 1. The van der Waals surface area contributed by atoms with Crippen LogP contribution in [0, 0.1) is 17.7 Å². The lowest BCUT2D eigenvalue weighted by Gasteiger charge is -2.05. The topological polar surface area (TPSA) is 66.0 Å². The van der Waals surface area contributed by atoms with Gasteiger partial charge in [-0.3, -0.25) is 4.79 Å². The summed E-state index contributed by atoms with van der Waals surface area (Å²) >= 11 is 0. The maximum atomic E-state index is 12.7. The molecule has 6 nitrogen and oxygen atoms in total. The van der Waals surface area contributed by atoms with Crippen molar-refractivity contribution in [2.24, 2.45) is 0 Å². The first-order valence-electron chi connectivity index (χ1n) is 7.84. The number of hydrogen-bond donors (Lipinski definition) is 1. The Morgan fingerprint density at radius 2 is 1.81 bits per heavy atom. The molecule has 2 aromatic rings. The fourth-order valence-electron chi connectivity index (χ4n) is 2.07. The summed E-state index contributed by atoms with van der Waals surface area (Å²) in [5.41, 5.74) is 0. The molecule has 1 aliphatic rings. The summed E-state index contributed by atoms with van der Waals surface area (Å²) in [6, 6.07) is 10.7. The van der Waals surface area contributed by atoms with Crippen LogP contribution < -0.4 is 24.3 Å². The minimum atomic E-state index is -0.361. The van der Waals surface area contributed by atoms with E-state index in [1.807, 2.05) is 0 Å². The summed E-state index contributed by atoms with van der Waals surface area (Å²) in [6.45, 7) is 0.405. The predicted molar refractivity (Wildman–Crippen MR) is 90.7 cm³/mol. The summed E-state index contributed by atoms with van der Waals surface area (Å²) in [6.07, 6.45) is 0. The monoisotopic (exact) mass is 357 g/mol. The van der Waals surface area contributed by atoms with Crippen LogP contribution >= 0.6 is 0 Å². The molecule has 1 N–H and O–H groups in total. The van der Waals surface area contributed by atoms with E-state index in [-0.39, 0.29) is 38.3 Å². The lowest BCUT2D eigenvalue weighted by atomic mass is 10.3. The molecule has 0 aliphatic carbocycles. The first-order valence-corrected chi connectivity index (χ1v) is 7.84. The zero-order chi connectivity index (χ0) is 18.2. The van der Waals surface area contributed by atoms with Crippen LogP contribution in [0.3, 0.4) is 0 Å². The summed E-state index contributed by atoms with van der Waals surface area (Å²) in [5, 5.41) is 2.59. The van der Waals surface area contributed by atoms with E-state index in [1.54, 1.807) is 18.2 Å². The Bertz CT molecular complexity index is 826. The minimum absolute atomic E-state index is 0.166. The van der Waals surface area contributed by atoms with Gasteiger partial charge in [-0.05, 0) is 36.4 Å². The smallest absolute Gasteiger partial charge is 0.258 e. The Kier molecular flexibility index (Phi) is 5.78. The maximum Gasteiger partial charge on any atom is 0.258 e. The number of rotatable bonds is 6. The van der Waals surface area contributed by atoms with Crippen LogP contribution in [0.15, 0.2) is 42.5 Å². The number of fused-ring (bicyclic) bond motifs is 1. The van der Waals surface area contributed by atoms with Crippen molar-refractivity contribution in [2.45, 2.75) is 0 Å². The number of hydrogen-bond acceptors (Lipinski definition) is 5. The summed E-state index contributed by atoms with van der Waals surface area (Å²) < 4.78 is 33.9. The van der Waals surface area contributed by atoms with Gasteiger partial charge in [-0.25, -0.2) is 4.39 Å². The molecule has 0 saturated carbocycles. The third-order valence-corrected chi connectivity index (χ3v) is 3.34. The number of carbonyl (C=O) groups excluding carboxylic acids is 1. The molecule has 0 radical (unpaired) electrons. The lowest BCUT2D eigenvalue weighted by Crippen LogP contribution is -2.29. The Morgan fingerprint density at radius 1 is 1.04 bits per heavy atom. The van der Waals surface area contributed by atoms with Crippen LogP contribution in [0.1, 0.15) is 0 Å². The Labute approximate surface area is 149 Å². The third-order valence-electron chi connectivity index (χ3n) is 3.34. The highest BCUT2D eigenvalue weighted by Crippen LogP contribution is 2.34. The molecular formula is C19H16FNO5. The van der Waals surface area contributed by atoms with Crippen LogP contribution in [0.5, 0.6) is 23.0 Å². The molecular weight excluding hydrogens is 341 g/mol. The fraction of sp³-hybridized carbons (Fsp3) is 0.211. The highest BCUT2D eigenvalue weighted by atomic mass is 19.1. The molecule has 0 fully saturated rings. The zero-order valence-electron chi connectivity index (χ0n) is 13.8. The van der Waals surface area contributed by atoms with Crippen LogP contribution in [0.2, 0.25) is 0 Å². The van der Waals surface area contributed by atoms with Crippen LogP contribution in [0.25, 0.3) is 0 Å². The molecule has 1 aliphatic heterocycles. The van der Waals surface area contributed by atoms with Gasteiger partial charge >= 0.3 is 0 Å². The van der Waals surface area contributed by atoms with Crippen molar-refractivity contribution in [2.75, 3.05) is 26.6 Å². The Morgan fingerprint density at radius 3 is 2.65 bits per heavy atom. The normalized spacial score (nSPS) is 11.3. The maximum absolute atomic E-state index is 12.7. The highest BCUT2D eigenvalue weighted by Gasteiger charge is 2.13. The molecule has 0 atom stereocenters. The van der Waals surface area contributed by atoms with Gasteiger partial charge in [0, 0.05) is 6.07 Å². The van der Waals surface area contributed by atoms with Gasteiger partial charge < -0.3 is 24.3 Å². The van der Waals surface area contributed by atoms with Gasteiger partial charge in [0.15, 0.2) is 18.1 Å². The van der Waals surface area contributed by atoms with E-state index in [2.05, 4.69) is 17.2 Å². The van der Waals surface area contributed by atoms with E-state index < -0.39 is 0 Å². The number of halogens is 1. The largest absolute Gasteiger partial charge is 0.484 e. The first-order chi connectivity index (χ1) is 12.7. The van der Waals surface area contributed by atoms with Crippen LogP contribution in [0.4, 0.5) is 4.39 Å². The van der Waals surface area contributed by atoms with Crippen molar-refractivity contribution < 1.29 is 28.1 Å². The van der Waals surface area contributed by atoms with E-state index in [1.165, 1.54) is 24.3 Å². The van der Waals surface area contributed by atoms with Gasteiger partial charge in [-0.15, -0.1) is 0 Å². The molecule has 1 amide bonds. The van der Waals surface area contributed by atoms with Gasteiger partial charge in [-0.1, -0.05) is 11.8 Å². The molecule has 0 spiro atoms. The Hall–Kier alpha value is -3.40. The number of benzene rings is 2. The number of nitrogens with one attached hydrogen (secondary N) is 1. The molecule has 1 heterocycles. The summed E-state index contributed by atoms with van der Waals surface area (Å²) in [7, 11) is 0. The van der Waals surface area contributed by atoms with E-state index in [9.17, 15) is 9.18 Å². The van der Waals surface area contributed by atoms with Crippen molar-refractivity contribution in [3.8, 4) is 34.8 Å². The van der Waals surface area contributed by atoms with Crippen molar-refractivity contribution in [3.05, 3.63) is 48.3 Å². The van der Waals surface area contributed by atoms with Gasteiger partial charge in [0.25, 0.3) is 5.91 Å². The van der Waals surface area contributed by atoms with Gasteiger partial charge in [0.1, 0.15) is 23.9 Å². The zero-order valence-corrected chi connectivity index (χ0v) is 13.8. The number of carbonyl (C=O) groups is 1. The molecule has 0 bridgehead atoms. The standard InChI is InChI=1S/C19H16FNO5/c20-14-3-5-15(6-4-14)24-12-19(22)21-9-1-2-10-23-16-7-8-17-18(11-16)26-13-25-17/h3-8,11H,9-10,12-13H2,(H,21,22). The third kappa shape index (κ3) is 5.05. The minimum Gasteiger partial charge on any atom is -0.484 e. The van der Waals surface area contributed by atoms with E-state index in [0.717, 1.165) is 0 Å². The Balaban J connectivity index is 1.32. The lowest BCUT2D eigenvalue weighted by molar-refractivity contribution is -0.122. The van der Waals surface area contributed by atoms with Crippen molar-refractivity contribution in [3.63, 3.8) is 0 Å². The molecule has 0 saturated heterocycles. The van der Waals surface area contributed by atoms with Gasteiger partial charge in [-0.2, -0.15) is 0 Å². The van der Waals surface area contributed by atoms with E-state index >= 15 is 0 Å². The summed E-state index contributed by atoms with van der Waals surface area (Å²) in [5.74, 6) is 7.27. The van der Waals surface area contributed by atoms with Crippen molar-refractivity contribution >= 4 is 5.91 Å². The molecule has 0 unspecified atom stereocenters. The van der Waals surface area contributed by atoms with E-state index in [4.69, 9.17) is 18.9 Å². The SMILES string of the molecule is O=C(COc1ccc(F)cc1)NCC#CCOc1ccc2c(c1)OCO2. The molecule has 3 rings (SSSR count). The predicted octanol–water partition coefficient (Wildman–Crippen LogP) is 2.13. The summed E-state index contributed by atoms with van der Waals surface area (Å²) in [4.78, 5) is 11.6. The first kappa shape index (κ1) is 17.4. The molecule has 0 aromatic heterocycles. The molecule has 7 heteroatoms. The second-order valence-corrected chi connectivity index (χ2v) is 5.18. The average Bonchev–Trinajstić information content (AvgIpc) is 3.12. The number of ether oxygens (including phenoxy) is 4. The molecule has 2 aromatic carbocycles. The second-order valence-electron chi connectivity index (χ2n) is 5.18. The van der Waals surface area contributed by atoms with Crippen LogP contribution in [-0.2, 0) is 4.79 Å². The molecule has 134 valence electrons. The molecule has 26 heavy (non-hydrogen) atoms. The van der Waals surface area contributed by atoms with Gasteiger partial charge in [0.05, 0.1) is 6.54 Å². The van der Waals surface area contributed by atoms with E-state index in [0.29, 0.717) is 23.0 Å². The highest BCUT2D eigenvalue weighted by molar-refractivity contribution is 5.77. The average molecular weight is 357 g/mol. The van der Waals surface area contributed by atoms with Crippen molar-refractivity contribution in [1.29, 1.82) is 0 Å². The van der Waals surface area contributed by atoms with Crippen LogP contribution in [-0.4, -0.2) is 32.5 Å². The fourth-order valence-corrected chi connectivity index (χ4v) is 2.07. The van der Waals surface area contributed by atoms with Gasteiger partial charge in [0.2, 0.25) is 6.79 Å². The van der Waals surface area contributed by atoms with Crippen molar-refractivity contribution in [1.82, 2.24) is 5.32 Å².